The lowest BCUT2D eigenvalue weighted by Gasteiger charge is -2.08. The van der Waals surface area contributed by atoms with Crippen LogP contribution in [0.1, 0.15) is 21.5 Å². The van der Waals surface area contributed by atoms with Gasteiger partial charge < -0.3 is 0 Å². The maximum atomic E-state index is 12.5. The van der Waals surface area contributed by atoms with Crippen molar-refractivity contribution in [1.82, 2.24) is 10.2 Å². The molecule has 1 aromatic heterocycles. The number of nitrogens with zero attached hydrogens (tertiary/aromatic N) is 2. The first-order chi connectivity index (χ1) is 11.0. The Bertz CT molecular complexity index is 838. The molecule has 1 amide bonds. The molecule has 0 atom stereocenters. The molecule has 0 radical (unpaired) electrons. The Morgan fingerprint density at radius 3 is 2.35 bits per heavy atom. The molecule has 116 valence electrons. The summed E-state index contributed by atoms with van der Waals surface area (Å²) in [4.78, 5) is 12.5. The minimum absolute atomic E-state index is 0.167. The minimum Gasteiger partial charge on any atom is -0.296 e. The van der Waals surface area contributed by atoms with Gasteiger partial charge in [0.25, 0.3) is 5.91 Å². The predicted molar refractivity (Wildman–Crippen MR) is 94.2 cm³/mol. The van der Waals surface area contributed by atoms with Crippen LogP contribution in [-0.4, -0.2) is 16.1 Å². The summed E-state index contributed by atoms with van der Waals surface area (Å²) in [6.45, 7) is 3.84. The number of amides is 1. The fraction of sp³-hybridized carbons (Fsp3) is 0.118. The summed E-state index contributed by atoms with van der Waals surface area (Å²) in [5, 5.41) is 12.9. The molecule has 6 heteroatoms. The topological polar surface area (TPSA) is 54.9 Å². The third-order valence-electron chi connectivity index (χ3n) is 3.44. The van der Waals surface area contributed by atoms with Crippen molar-refractivity contribution in [3.8, 4) is 10.6 Å². The molecule has 23 heavy (non-hydrogen) atoms. The van der Waals surface area contributed by atoms with Crippen LogP contribution in [0.5, 0.6) is 0 Å². The number of hydrogen-bond acceptors (Lipinski definition) is 4. The van der Waals surface area contributed by atoms with Gasteiger partial charge in [-0.25, -0.2) is 0 Å². The lowest BCUT2D eigenvalue weighted by atomic mass is 10.0. The molecule has 0 fully saturated rings. The third-order valence-corrected chi connectivity index (χ3v) is 4.58. The molecule has 0 aliphatic carbocycles. The lowest BCUT2D eigenvalue weighted by molar-refractivity contribution is 0.102. The Morgan fingerprint density at radius 2 is 1.70 bits per heavy atom. The molecule has 0 saturated heterocycles. The number of benzene rings is 2. The summed E-state index contributed by atoms with van der Waals surface area (Å²) < 4.78 is 0. The van der Waals surface area contributed by atoms with E-state index in [0.717, 1.165) is 21.7 Å². The second kappa shape index (κ2) is 6.48. The minimum atomic E-state index is -0.167. The number of anilines is 1. The smallest absolute Gasteiger partial charge is 0.258 e. The highest BCUT2D eigenvalue weighted by Gasteiger charge is 2.15. The van der Waals surface area contributed by atoms with Crippen molar-refractivity contribution in [3.05, 3.63) is 64.2 Å². The number of carbonyl (C=O) groups is 1. The standard InChI is InChI=1S/C17H14ClN3OS/c1-10-4-3-5-11(2)14(10)15(22)19-17-21-20-16(23-17)12-6-8-13(18)9-7-12/h3-9H,1-2H3,(H,19,21,22). The normalized spacial score (nSPS) is 10.6. The van der Waals surface area contributed by atoms with Crippen molar-refractivity contribution < 1.29 is 4.79 Å². The Kier molecular flexibility index (Phi) is 4.41. The number of nitrogens with one attached hydrogen (secondary N) is 1. The number of aryl methyl sites for hydroxylation is 2. The van der Waals surface area contributed by atoms with Gasteiger partial charge in [0, 0.05) is 16.1 Å². The van der Waals surface area contributed by atoms with Gasteiger partial charge in [-0.3, -0.25) is 10.1 Å². The van der Waals surface area contributed by atoms with Crippen LogP contribution in [0.4, 0.5) is 5.13 Å². The van der Waals surface area contributed by atoms with Crippen LogP contribution >= 0.6 is 22.9 Å². The number of halogens is 1. The summed E-state index contributed by atoms with van der Waals surface area (Å²) in [5.41, 5.74) is 3.46. The Hall–Kier alpha value is -2.24. The summed E-state index contributed by atoms with van der Waals surface area (Å²) in [6, 6.07) is 13.1. The van der Waals surface area contributed by atoms with Crippen LogP contribution in [0.2, 0.25) is 5.02 Å². The number of rotatable bonds is 3. The first-order valence-electron chi connectivity index (χ1n) is 7.01. The second-order valence-corrected chi connectivity index (χ2v) is 6.55. The van der Waals surface area contributed by atoms with Crippen molar-refractivity contribution in [2.75, 3.05) is 5.32 Å². The lowest BCUT2D eigenvalue weighted by Crippen LogP contribution is -2.14. The van der Waals surface area contributed by atoms with Crippen molar-refractivity contribution >= 4 is 34.0 Å². The molecule has 3 rings (SSSR count). The Labute approximate surface area is 143 Å². The Morgan fingerprint density at radius 1 is 1.04 bits per heavy atom. The van der Waals surface area contributed by atoms with Gasteiger partial charge in [0.15, 0.2) is 0 Å². The van der Waals surface area contributed by atoms with Crippen LogP contribution in [0, 0.1) is 13.8 Å². The first-order valence-corrected chi connectivity index (χ1v) is 8.21. The maximum absolute atomic E-state index is 12.5. The van der Waals surface area contributed by atoms with Crippen molar-refractivity contribution in [2.45, 2.75) is 13.8 Å². The van der Waals surface area contributed by atoms with Gasteiger partial charge in [-0.1, -0.05) is 53.3 Å². The van der Waals surface area contributed by atoms with Crippen molar-refractivity contribution in [2.24, 2.45) is 0 Å². The quantitative estimate of drug-likeness (QED) is 0.748. The molecule has 1 N–H and O–H groups in total. The van der Waals surface area contributed by atoms with Crippen LogP contribution in [0.3, 0.4) is 0 Å². The van der Waals surface area contributed by atoms with E-state index in [1.54, 1.807) is 12.1 Å². The molecule has 0 bridgehead atoms. The average Bonchev–Trinajstić information content (AvgIpc) is 2.96. The molecule has 1 heterocycles. The van der Waals surface area contributed by atoms with E-state index in [0.29, 0.717) is 15.7 Å². The molecule has 0 saturated carbocycles. The SMILES string of the molecule is Cc1cccc(C)c1C(=O)Nc1nnc(-c2ccc(Cl)cc2)s1. The van der Waals surface area contributed by atoms with E-state index in [1.807, 2.05) is 44.2 Å². The predicted octanol–water partition coefficient (Wildman–Crippen LogP) is 4.73. The first kappa shape index (κ1) is 15.6. The van der Waals surface area contributed by atoms with E-state index >= 15 is 0 Å². The molecular weight excluding hydrogens is 330 g/mol. The fourth-order valence-electron chi connectivity index (χ4n) is 2.32. The monoisotopic (exact) mass is 343 g/mol. The van der Waals surface area contributed by atoms with Crippen LogP contribution in [0.25, 0.3) is 10.6 Å². The number of carbonyl (C=O) groups excluding carboxylic acids is 1. The van der Waals surface area contributed by atoms with E-state index in [-0.39, 0.29) is 5.91 Å². The third kappa shape index (κ3) is 3.41. The van der Waals surface area contributed by atoms with Gasteiger partial charge in [0.1, 0.15) is 5.01 Å². The highest BCUT2D eigenvalue weighted by Crippen LogP contribution is 2.28. The molecule has 0 aliphatic heterocycles. The molecule has 0 spiro atoms. The van der Waals surface area contributed by atoms with Gasteiger partial charge in [0.05, 0.1) is 0 Å². The van der Waals surface area contributed by atoms with E-state index in [2.05, 4.69) is 15.5 Å². The number of aromatic nitrogens is 2. The van der Waals surface area contributed by atoms with Gasteiger partial charge >= 0.3 is 0 Å². The van der Waals surface area contributed by atoms with Gasteiger partial charge in [-0.15, -0.1) is 10.2 Å². The fourth-order valence-corrected chi connectivity index (χ4v) is 3.19. The van der Waals surface area contributed by atoms with E-state index in [4.69, 9.17) is 11.6 Å². The summed E-state index contributed by atoms with van der Waals surface area (Å²) >= 11 is 7.21. The van der Waals surface area contributed by atoms with E-state index < -0.39 is 0 Å². The molecule has 0 aliphatic rings. The molecule has 3 aromatic rings. The molecule has 4 nitrogen and oxygen atoms in total. The van der Waals surface area contributed by atoms with Crippen molar-refractivity contribution in [1.29, 1.82) is 0 Å². The maximum Gasteiger partial charge on any atom is 0.258 e. The summed E-state index contributed by atoms with van der Waals surface area (Å²) in [6.07, 6.45) is 0. The van der Waals surface area contributed by atoms with Crippen molar-refractivity contribution in [3.63, 3.8) is 0 Å². The van der Waals surface area contributed by atoms with Gasteiger partial charge in [-0.2, -0.15) is 0 Å². The zero-order valence-electron chi connectivity index (χ0n) is 12.6. The van der Waals surface area contributed by atoms with E-state index in [9.17, 15) is 4.79 Å². The zero-order valence-corrected chi connectivity index (χ0v) is 14.2. The second-order valence-electron chi connectivity index (χ2n) is 5.14. The van der Waals surface area contributed by atoms with Crippen LogP contribution < -0.4 is 5.32 Å². The van der Waals surface area contributed by atoms with Crippen LogP contribution in [-0.2, 0) is 0 Å². The van der Waals surface area contributed by atoms with Gasteiger partial charge in [-0.05, 0) is 37.1 Å². The van der Waals surface area contributed by atoms with Gasteiger partial charge in [0.2, 0.25) is 5.13 Å². The Balaban J connectivity index is 1.82. The molecular formula is C17H14ClN3OS. The largest absolute Gasteiger partial charge is 0.296 e. The van der Waals surface area contributed by atoms with Crippen LogP contribution in [0.15, 0.2) is 42.5 Å². The average molecular weight is 344 g/mol. The number of hydrogen-bond donors (Lipinski definition) is 1. The molecule has 0 unspecified atom stereocenters. The van der Waals surface area contributed by atoms with E-state index in [1.165, 1.54) is 11.3 Å². The highest BCUT2D eigenvalue weighted by molar-refractivity contribution is 7.18. The summed E-state index contributed by atoms with van der Waals surface area (Å²) in [5.74, 6) is -0.167. The zero-order chi connectivity index (χ0) is 16.4. The summed E-state index contributed by atoms with van der Waals surface area (Å²) in [7, 11) is 0. The highest BCUT2D eigenvalue weighted by atomic mass is 35.5. The molecule has 2 aromatic carbocycles.